The van der Waals surface area contributed by atoms with E-state index in [1.54, 1.807) is 6.07 Å². The van der Waals surface area contributed by atoms with E-state index in [0.717, 1.165) is 10.0 Å². The van der Waals surface area contributed by atoms with Gasteiger partial charge in [-0.15, -0.1) is 0 Å². The van der Waals surface area contributed by atoms with Gasteiger partial charge in [0.1, 0.15) is 5.75 Å². The number of rotatable bonds is 0. The van der Waals surface area contributed by atoms with Gasteiger partial charge in [-0.25, -0.2) is 0 Å². The molecule has 0 aromatic heterocycles. The summed E-state index contributed by atoms with van der Waals surface area (Å²) in [6, 6.07) is 5.40. The quantitative estimate of drug-likeness (QED) is 0.721. The molecular weight excluding hydrogens is 261 g/mol. The summed E-state index contributed by atoms with van der Waals surface area (Å²) in [6.45, 7) is 1.98. The van der Waals surface area contributed by atoms with Crippen LogP contribution in [0.5, 0.6) is 5.75 Å². The molecule has 0 aliphatic rings. The van der Waals surface area contributed by atoms with E-state index in [2.05, 4.69) is 15.9 Å². The molecule has 0 spiro atoms. The minimum atomic E-state index is 0. The average Bonchev–Trinajstić information content (AvgIpc) is 1.80. The fourth-order valence-corrected chi connectivity index (χ4v) is 1.11. The minimum Gasteiger partial charge on any atom is -2.00 e. The zero-order chi connectivity index (χ0) is 6.85. The predicted molar refractivity (Wildman–Crippen MR) is 41.2 cm³/mol. The summed E-state index contributed by atoms with van der Waals surface area (Å²) in [5.74, 6) is 0.292. The third-order valence-corrected chi connectivity index (χ3v) is 1.74. The molecule has 56 valence electrons. The van der Waals surface area contributed by atoms with Crippen molar-refractivity contribution in [3.63, 3.8) is 0 Å². The maximum absolute atomic E-state index is 9.00. The van der Waals surface area contributed by atoms with E-state index in [0.29, 0.717) is 5.75 Å². The average molecular weight is 268 g/mol. The number of aryl methyl sites for hydroxylation is 1. The Balaban J connectivity index is 0. The van der Waals surface area contributed by atoms with Crippen LogP contribution in [0.1, 0.15) is 5.56 Å². The van der Waals surface area contributed by atoms with Crippen LogP contribution in [0.3, 0.4) is 0 Å². The Labute approximate surface area is 86.8 Å². The van der Waals surface area contributed by atoms with Crippen molar-refractivity contribution >= 4 is 15.9 Å². The molecule has 1 rings (SSSR count). The Morgan fingerprint density at radius 1 is 1.36 bits per heavy atom. The standard InChI is InChI=1S/C7H7BrO.O.Zn/c1-5-2-3-7(9)6(8)4-5;;/h2-4,9H,1H3;;/q;-2;+2. The van der Waals surface area contributed by atoms with Gasteiger partial charge in [-0.2, -0.15) is 0 Å². The summed E-state index contributed by atoms with van der Waals surface area (Å²) in [4.78, 5) is 0. The molecule has 1 N–H and O–H groups in total. The van der Waals surface area contributed by atoms with E-state index >= 15 is 0 Å². The molecular formula is C7H7BrO2Zn. The number of phenols is 1. The molecule has 11 heavy (non-hydrogen) atoms. The number of aromatic hydroxyl groups is 1. The fraction of sp³-hybridized carbons (Fsp3) is 0.143. The molecule has 0 aliphatic carbocycles. The van der Waals surface area contributed by atoms with Gasteiger partial charge >= 0.3 is 19.5 Å². The first-order valence-electron chi connectivity index (χ1n) is 2.65. The maximum atomic E-state index is 9.00. The summed E-state index contributed by atoms with van der Waals surface area (Å²) in [5.41, 5.74) is 1.14. The second-order valence-electron chi connectivity index (χ2n) is 1.95. The van der Waals surface area contributed by atoms with Crippen molar-refractivity contribution in [1.82, 2.24) is 0 Å². The van der Waals surface area contributed by atoms with Crippen LogP contribution in [-0.4, -0.2) is 5.11 Å². The Morgan fingerprint density at radius 2 is 1.91 bits per heavy atom. The van der Waals surface area contributed by atoms with Crippen LogP contribution in [0, 0.1) is 6.92 Å². The monoisotopic (exact) mass is 266 g/mol. The van der Waals surface area contributed by atoms with Gasteiger partial charge in [0.05, 0.1) is 4.47 Å². The SMILES string of the molecule is Cc1ccc(O)c(Br)c1.[O-2].[Zn+2]. The van der Waals surface area contributed by atoms with Crippen molar-refractivity contribution in [1.29, 1.82) is 0 Å². The zero-order valence-electron chi connectivity index (χ0n) is 6.17. The van der Waals surface area contributed by atoms with Crippen LogP contribution in [-0.2, 0) is 25.0 Å². The molecule has 0 amide bonds. The van der Waals surface area contributed by atoms with Crippen molar-refractivity contribution in [2.45, 2.75) is 6.92 Å². The minimum absolute atomic E-state index is 0. The Hall–Kier alpha value is 0.0834. The van der Waals surface area contributed by atoms with Gasteiger partial charge in [0, 0.05) is 0 Å². The molecule has 0 bridgehead atoms. The van der Waals surface area contributed by atoms with Crippen LogP contribution in [0.2, 0.25) is 0 Å². The van der Waals surface area contributed by atoms with Crippen LogP contribution in [0.25, 0.3) is 0 Å². The van der Waals surface area contributed by atoms with Crippen molar-refractivity contribution in [2.24, 2.45) is 0 Å². The Bertz CT molecular complexity index is 228. The topological polar surface area (TPSA) is 48.7 Å². The molecule has 0 saturated heterocycles. The first-order valence-corrected chi connectivity index (χ1v) is 3.44. The first-order chi connectivity index (χ1) is 4.20. The third kappa shape index (κ3) is 3.85. The molecule has 0 radical (unpaired) electrons. The number of halogens is 1. The van der Waals surface area contributed by atoms with Gasteiger partial charge in [-0.3, -0.25) is 0 Å². The first kappa shape index (κ1) is 13.7. The molecule has 1 aromatic rings. The number of phenolic OH excluding ortho intramolecular Hbond substituents is 1. The van der Waals surface area contributed by atoms with E-state index in [9.17, 15) is 0 Å². The molecule has 1 aromatic carbocycles. The molecule has 0 atom stereocenters. The van der Waals surface area contributed by atoms with Crippen molar-refractivity contribution < 1.29 is 30.1 Å². The Kier molecular flexibility index (Phi) is 7.07. The summed E-state index contributed by atoms with van der Waals surface area (Å²) in [5, 5.41) is 9.00. The van der Waals surface area contributed by atoms with Gasteiger partial charge in [0.2, 0.25) is 0 Å². The van der Waals surface area contributed by atoms with Crippen LogP contribution in [0.15, 0.2) is 22.7 Å². The second kappa shape index (κ2) is 5.70. The molecule has 4 heteroatoms. The summed E-state index contributed by atoms with van der Waals surface area (Å²) >= 11 is 3.20. The number of hydrogen-bond acceptors (Lipinski definition) is 1. The van der Waals surface area contributed by atoms with Crippen molar-refractivity contribution in [3.05, 3.63) is 28.2 Å². The van der Waals surface area contributed by atoms with E-state index in [4.69, 9.17) is 5.11 Å². The maximum Gasteiger partial charge on any atom is 2.00 e. The van der Waals surface area contributed by atoms with Gasteiger partial charge in [0.15, 0.2) is 0 Å². The fourth-order valence-electron chi connectivity index (χ4n) is 0.612. The number of benzene rings is 1. The van der Waals surface area contributed by atoms with Crippen LogP contribution in [0.4, 0.5) is 0 Å². The van der Waals surface area contributed by atoms with Crippen LogP contribution >= 0.6 is 15.9 Å². The number of hydrogen-bond donors (Lipinski definition) is 1. The van der Waals surface area contributed by atoms with Gasteiger partial charge < -0.3 is 10.6 Å². The van der Waals surface area contributed by atoms with Crippen molar-refractivity contribution in [3.8, 4) is 5.75 Å². The molecule has 0 saturated carbocycles. The normalized spacial score (nSPS) is 7.82. The smallest absolute Gasteiger partial charge is 2.00 e. The van der Waals surface area contributed by atoms with E-state index in [1.807, 2.05) is 19.1 Å². The summed E-state index contributed by atoms with van der Waals surface area (Å²) in [6.07, 6.45) is 0. The summed E-state index contributed by atoms with van der Waals surface area (Å²) < 4.78 is 0.752. The Morgan fingerprint density at radius 3 is 2.27 bits per heavy atom. The molecule has 2 nitrogen and oxygen atoms in total. The van der Waals surface area contributed by atoms with E-state index in [-0.39, 0.29) is 25.0 Å². The largest absolute Gasteiger partial charge is 2.00 e. The predicted octanol–water partition coefficient (Wildman–Crippen LogP) is 2.34. The molecule has 0 heterocycles. The summed E-state index contributed by atoms with van der Waals surface area (Å²) in [7, 11) is 0. The van der Waals surface area contributed by atoms with Gasteiger partial charge in [-0.05, 0) is 40.5 Å². The molecule has 0 unspecified atom stereocenters. The van der Waals surface area contributed by atoms with Gasteiger partial charge in [0.25, 0.3) is 0 Å². The second-order valence-corrected chi connectivity index (χ2v) is 2.81. The van der Waals surface area contributed by atoms with Crippen LogP contribution < -0.4 is 0 Å². The van der Waals surface area contributed by atoms with E-state index in [1.165, 1.54) is 0 Å². The van der Waals surface area contributed by atoms with E-state index < -0.39 is 0 Å². The third-order valence-electron chi connectivity index (χ3n) is 1.10. The van der Waals surface area contributed by atoms with Gasteiger partial charge in [-0.1, -0.05) is 6.07 Å². The molecule has 0 fully saturated rings. The molecule has 0 aliphatic heterocycles. The zero-order valence-corrected chi connectivity index (χ0v) is 10.7. The van der Waals surface area contributed by atoms with Crippen molar-refractivity contribution in [2.75, 3.05) is 0 Å².